The minimum atomic E-state index is -0.646. The molecule has 2 aromatic carbocycles. The fourth-order valence-corrected chi connectivity index (χ4v) is 6.17. The molecule has 0 amide bonds. The molecule has 6 aromatic rings. The quantitative estimate of drug-likeness (QED) is 0.254. The molecule has 214 valence electrons. The second-order valence-corrected chi connectivity index (χ2v) is 11.6. The summed E-state index contributed by atoms with van der Waals surface area (Å²) in [5, 5.41) is 27.6. The molecule has 0 radical (unpaired) electrons. The van der Waals surface area contributed by atoms with Crippen molar-refractivity contribution in [1.82, 2.24) is 34.3 Å². The summed E-state index contributed by atoms with van der Waals surface area (Å²) in [6.45, 7) is 10.4. The number of nitrogens with zero attached hydrogens (tertiary/aromatic N) is 7. The molecule has 0 aliphatic carbocycles. The van der Waals surface area contributed by atoms with Crippen LogP contribution in [-0.4, -0.2) is 52.6 Å². The van der Waals surface area contributed by atoms with Crippen molar-refractivity contribution in [2.75, 3.05) is 13.2 Å². The first kappa shape index (κ1) is 26.6. The smallest absolute Gasteiger partial charge is 0.181 e. The van der Waals surface area contributed by atoms with E-state index in [9.17, 15) is 5.11 Å². The van der Waals surface area contributed by atoms with Gasteiger partial charge in [-0.15, -0.1) is 0 Å². The van der Waals surface area contributed by atoms with Crippen LogP contribution in [0.5, 0.6) is 0 Å². The lowest BCUT2D eigenvalue weighted by atomic mass is 9.95. The highest BCUT2D eigenvalue weighted by Crippen LogP contribution is 2.37. The van der Waals surface area contributed by atoms with Crippen LogP contribution in [0.1, 0.15) is 60.8 Å². The van der Waals surface area contributed by atoms with Gasteiger partial charge in [0, 0.05) is 46.6 Å². The van der Waals surface area contributed by atoms with Gasteiger partial charge in [0.2, 0.25) is 0 Å². The van der Waals surface area contributed by atoms with Crippen LogP contribution in [0.3, 0.4) is 0 Å². The van der Waals surface area contributed by atoms with Gasteiger partial charge in [-0.25, -0.2) is 9.67 Å². The van der Waals surface area contributed by atoms with Crippen molar-refractivity contribution in [3.63, 3.8) is 0 Å². The predicted molar refractivity (Wildman–Crippen MR) is 163 cm³/mol. The molecule has 0 spiro atoms. The molecule has 5 heterocycles. The first-order valence-corrected chi connectivity index (χ1v) is 14.6. The molecule has 7 rings (SSSR count). The van der Waals surface area contributed by atoms with Crippen molar-refractivity contribution < 1.29 is 9.84 Å². The number of fused-ring (bicyclic) bond motifs is 2. The highest BCUT2D eigenvalue weighted by atomic mass is 16.5. The van der Waals surface area contributed by atoms with Gasteiger partial charge in [-0.2, -0.15) is 15.3 Å². The summed E-state index contributed by atoms with van der Waals surface area (Å²) in [6.07, 6.45) is 4.42. The van der Waals surface area contributed by atoms with Crippen molar-refractivity contribution in [2.24, 2.45) is 0 Å². The second-order valence-electron chi connectivity index (χ2n) is 11.6. The van der Waals surface area contributed by atoms with E-state index in [1.54, 1.807) is 0 Å². The summed E-state index contributed by atoms with van der Waals surface area (Å²) in [4.78, 5) is 4.88. The van der Waals surface area contributed by atoms with Gasteiger partial charge in [0.1, 0.15) is 0 Å². The van der Waals surface area contributed by atoms with Crippen LogP contribution in [0, 0.1) is 13.8 Å². The van der Waals surface area contributed by atoms with Crippen LogP contribution in [0.4, 0.5) is 0 Å². The molecule has 1 fully saturated rings. The summed E-state index contributed by atoms with van der Waals surface area (Å²) in [5.74, 6) is 0.251. The molecule has 0 saturated carbocycles. The van der Waals surface area contributed by atoms with Gasteiger partial charge in [0.25, 0.3) is 0 Å². The zero-order valence-electron chi connectivity index (χ0n) is 24.4. The van der Waals surface area contributed by atoms with Crippen LogP contribution < -0.4 is 0 Å². The van der Waals surface area contributed by atoms with Crippen molar-refractivity contribution in [2.45, 2.75) is 58.7 Å². The standard InChI is InChI=1S/C33H35N7O2/c1-20(2)31-22(4)40(29-15-24-16-39(25-13-14-42-19-25)37-33(24)34-21(29)3)36-32(31)26-11-8-12-28-27(26)17-38(35-28)18-30(41)23-9-6-5-7-10-23/h5-12,15-17,20,25,30,41H,13-14,18-19H2,1-4H3/t25?,30-/m0/s1. The molecule has 1 unspecified atom stereocenters. The Morgan fingerprint density at radius 2 is 1.83 bits per heavy atom. The maximum absolute atomic E-state index is 10.8. The Balaban J connectivity index is 1.30. The second kappa shape index (κ2) is 10.5. The number of ether oxygens (including phenoxy) is 1. The van der Waals surface area contributed by atoms with E-state index in [1.807, 2.05) is 69.6 Å². The highest BCUT2D eigenvalue weighted by molar-refractivity contribution is 5.94. The monoisotopic (exact) mass is 561 g/mol. The molecule has 1 aliphatic rings. The van der Waals surface area contributed by atoms with Crippen LogP contribution in [0.15, 0.2) is 67.0 Å². The van der Waals surface area contributed by atoms with E-state index < -0.39 is 6.10 Å². The lowest BCUT2D eigenvalue weighted by molar-refractivity contribution is 0.152. The molecular formula is C33H35N7O2. The van der Waals surface area contributed by atoms with Crippen molar-refractivity contribution in [3.8, 4) is 16.9 Å². The number of hydrogen-bond acceptors (Lipinski definition) is 6. The molecule has 1 N–H and O–H groups in total. The third kappa shape index (κ3) is 4.59. The molecule has 9 nitrogen and oxygen atoms in total. The van der Waals surface area contributed by atoms with Crippen molar-refractivity contribution >= 4 is 21.9 Å². The molecule has 9 heteroatoms. The third-order valence-corrected chi connectivity index (χ3v) is 8.32. The van der Waals surface area contributed by atoms with Gasteiger partial charge in [-0.05, 0) is 43.9 Å². The SMILES string of the molecule is Cc1nc2nn(C3CCOC3)cc2cc1-n1nc(-c2cccc3nn(C[C@H](O)c4ccccc4)cc23)c(C(C)C)c1C. The Morgan fingerprint density at radius 1 is 1.00 bits per heavy atom. The fourth-order valence-electron chi connectivity index (χ4n) is 6.17. The van der Waals surface area contributed by atoms with E-state index >= 15 is 0 Å². The molecule has 42 heavy (non-hydrogen) atoms. The number of rotatable bonds is 7. The normalized spacial score (nSPS) is 16.3. The third-order valence-electron chi connectivity index (χ3n) is 8.32. The van der Waals surface area contributed by atoms with Crippen molar-refractivity contribution in [3.05, 3.63) is 89.5 Å². The zero-order valence-corrected chi connectivity index (χ0v) is 24.4. The average Bonchev–Trinajstić information content (AvgIpc) is 3.78. The lowest BCUT2D eigenvalue weighted by Crippen LogP contribution is -2.08. The topological polar surface area (TPSA) is 95.8 Å². The van der Waals surface area contributed by atoms with E-state index in [-0.39, 0.29) is 12.0 Å². The number of aromatic nitrogens is 7. The molecule has 1 aliphatic heterocycles. The zero-order chi connectivity index (χ0) is 29.0. The van der Waals surface area contributed by atoms with Gasteiger partial charge in [-0.3, -0.25) is 9.36 Å². The minimum Gasteiger partial charge on any atom is -0.386 e. The Kier molecular flexibility index (Phi) is 6.63. The van der Waals surface area contributed by atoms with Crippen LogP contribution in [0.25, 0.3) is 38.9 Å². The molecule has 4 aromatic heterocycles. The van der Waals surface area contributed by atoms with Gasteiger partial charge in [0.05, 0.1) is 47.9 Å². The maximum atomic E-state index is 10.8. The number of hydrogen-bond donors (Lipinski definition) is 1. The first-order valence-electron chi connectivity index (χ1n) is 14.6. The number of pyridine rings is 1. The molecular weight excluding hydrogens is 526 g/mol. The summed E-state index contributed by atoms with van der Waals surface area (Å²) < 4.78 is 11.4. The Labute approximate surface area is 244 Å². The van der Waals surface area contributed by atoms with Crippen LogP contribution in [0.2, 0.25) is 0 Å². The first-order chi connectivity index (χ1) is 20.4. The van der Waals surface area contributed by atoms with E-state index in [4.69, 9.17) is 25.0 Å². The maximum Gasteiger partial charge on any atom is 0.181 e. The highest BCUT2D eigenvalue weighted by Gasteiger charge is 2.24. The van der Waals surface area contributed by atoms with E-state index in [0.29, 0.717) is 13.2 Å². The molecule has 0 bridgehead atoms. The van der Waals surface area contributed by atoms with Crippen LogP contribution >= 0.6 is 0 Å². The van der Waals surface area contributed by atoms with Gasteiger partial charge in [-0.1, -0.05) is 56.3 Å². The molecule has 2 atom stereocenters. The van der Waals surface area contributed by atoms with E-state index in [1.165, 1.54) is 5.56 Å². The van der Waals surface area contributed by atoms with Crippen LogP contribution in [-0.2, 0) is 11.3 Å². The van der Waals surface area contributed by atoms with E-state index in [2.05, 4.69) is 39.1 Å². The largest absolute Gasteiger partial charge is 0.386 e. The fraction of sp³-hybridized carbons (Fsp3) is 0.333. The Bertz CT molecular complexity index is 1890. The van der Waals surface area contributed by atoms with E-state index in [0.717, 1.165) is 68.9 Å². The molecule has 1 saturated heterocycles. The summed E-state index contributed by atoms with van der Waals surface area (Å²) in [5.41, 5.74) is 8.56. The average molecular weight is 562 g/mol. The van der Waals surface area contributed by atoms with Gasteiger partial charge >= 0.3 is 0 Å². The minimum absolute atomic E-state index is 0.251. The number of aliphatic hydroxyl groups is 1. The van der Waals surface area contributed by atoms with Crippen molar-refractivity contribution in [1.29, 1.82) is 0 Å². The number of aryl methyl sites for hydroxylation is 1. The summed E-state index contributed by atoms with van der Waals surface area (Å²) in [6, 6.07) is 18.3. The number of aliphatic hydroxyl groups excluding tert-OH is 1. The van der Waals surface area contributed by atoms with Gasteiger partial charge in [0.15, 0.2) is 5.65 Å². The Hall–Kier alpha value is -4.34. The predicted octanol–water partition coefficient (Wildman–Crippen LogP) is 6.07. The Morgan fingerprint density at radius 3 is 2.60 bits per heavy atom. The summed E-state index contributed by atoms with van der Waals surface area (Å²) in [7, 11) is 0. The summed E-state index contributed by atoms with van der Waals surface area (Å²) >= 11 is 0. The van der Waals surface area contributed by atoms with Gasteiger partial charge < -0.3 is 9.84 Å². The number of benzene rings is 2. The lowest BCUT2D eigenvalue weighted by Gasteiger charge is -2.10.